The van der Waals surface area contributed by atoms with Gasteiger partial charge in [-0.15, -0.1) is 11.3 Å². The Kier molecular flexibility index (Phi) is 4.42. The summed E-state index contributed by atoms with van der Waals surface area (Å²) in [5.41, 5.74) is 2.15. The van der Waals surface area contributed by atoms with Gasteiger partial charge in [0, 0.05) is 23.9 Å². The zero-order chi connectivity index (χ0) is 17.3. The summed E-state index contributed by atoms with van der Waals surface area (Å²) in [6, 6.07) is 10.8. The molecule has 0 bridgehead atoms. The van der Waals surface area contributed by atoms with E-state index in [0.717, 1.165) is 16.7 Å². The molecule has 0 aliphatic carbocycles. The zero-order valence-electron chi connectivity index (χ0n) is 13.3. The minimum atomic E-state index is -3.47. The van der Waals surface area contributed by atoms with Crippen LogP contribution in [0.4, 0.5) is 5.69 Å². The Bertz CT molecular complexity index is 889. The Morgan fingerprint density at radius 1 is 1.33 bits per heavy atom. The number of nitrogens with one attached hydrogen (secondary N) is 1. The summed E-state index contributed by atoms with van der Waals surface area (Å²) in [4.78, 5) is 12.2. The Labute approximate surface area is 144 Å². The van der Waals surface area contributed by atoms with Crippen molar-refractivity contribution >= 4 is 38.7 Å². The largest absolute Gasteiger partial charge is 0.326 e. The van der Waals surface area contributed by atoms with Crippen molar-refractivity contribution in [2.75, 3.05) is 11.6 Å². The number of hydrazone groups is 1. The number of benzene rings is 1. The molecule has 0 fully saturated rings. The quantitative estimate of drug-likeness (QED) is 0.907. The zero-order valence-corrected chi connectivity index (χ0v) is 14.9. The van der Waals surface area contributed by atoms with E-state index in [1.165, 1.54) is 22.7 Å². The van der Waals surface area contributed by atoms with Crippen LogP contribution in [0.1, 0.15) is 29.8 Å². The van der Waals surface area contributed by atoms with E-state index in [1.807, 2.05) is 29.6 Å². The third-order valence-electron chi connectivity index (χ3n) is 3.60. The van der Waals surface area contributed by atoms with Gasteiger partial charge in [-0.1, -0.05) is 18.2 Å². The molecule has 8 heteroatoms. The molecule has 1 aliphatic rings. The third-order valence-corrected chi connectivity index (χ3v) is 5.59. The minimum absolute atomic E-state index is 0.158. The van der Waals surface area contributed by atoms with Gasteiger partial charge in [-0.05, 0) is 29.1 Å². The number of hydrogen-bond donors (Lipinski definition) is 1. The summed E-state index contributed by atoms with van der Waals surface area (Å²) in [5, 5.41) is 8.99. The summed E-state index contributed by atoms with van der Waals surface area (Å²) in [7, 11) is -3.47. The molecule has 0 radical (unpaired) electrons. The fourth-order valence-corrected chi connectivity index (χ4v) is 4.42. The SMILES string of the molecule is CC(=O)Nc1cccc(C2=NN(S(C)(=O)=O)[C@@H](c3cccs3)C2)c1. The predicted octanol–water partition coefficient (Wildman–Crippen LogP) is 2.82. The van der Waals surface area contributed by atoms with Crippen LogP contribution >= 0.6 is 11.3 Å². The number of thiophene rings is 1. The molecule has 1 aromatic carbocycles. The second-order valence-electron chi connectivity index (χ2n) is 5.58. The second-order valence-corrected chi connectivity index (χ2v) is 8.40. The monoisotopic (exact) mass is 363 g/mol. The van der Waals surface area contributed by atoms with Crippen molar-refractivity contribution in [2.45, 2.75) is 19.4 Å². The van der Waals surface area contributed by atoms with Crippen LogP contribution in [0.2, 0.25) is 0 Å². The van der Waals surface area contributed by atoms with Crippen molar-refractivity contribution in [2.24, 2.45) is 5.10 Å². The van der Waals surface area contributed by atoms with Gasteiger partial charge < -0.3 is 5.32 Å². The van der Waals surface area contributed by atoms with E-state index >= 15 is 0 Å². The molecule has 0 saturated heterocycles. The van der Waals surface area contributed by atoms with Crippen LogP contribution in [0, 0.1) is 0 Å². The first-order valence-electron chi connectivity index (χ1n) is 7.33. The van der Waals surface area contributed by atoms with Gasteiger partial charge in [0.25, 0.3) is 0 Å². The van der Waals surface area contributed by atoms with Gasteiger partial charge in [0.05, 0.1) is 12.0 Å². The molecule has 2 aromatic rings. The molecular formula is C16H17N3O3S2. The molecule has 1 atom stereocenters. The molecule has 1 aromatic heterocycles. The highest BCUT2D eigenvalue weighted by molar-refractivity contribution is 7.88. The molecule has 6 nitrogen and oxygen atoms in total. The molecule has 0 spiro atoms. The fraction of sp³-hybridized carbons (Fsp3) is 0.250. The number of carbonyl (C=O) groups excluding carboxylic acids is 1. The summed E-state index contributed by atoms with van der Waals surface area (Å²) >= 11 is 1.51. The van der Waals surface area contributed by atoms with Gasteiger partial charge in [-0.3, -0.25) is 4.79 Å². The average Bonchev–Trinajstić information content (AvgIpc) is 3.15. The van der Waals surface area contributed by atoms with Crippen molar-refractivity contribution in [1.82, 2.24) is 4.41 Å². The first-order chi connectivity index (χ1) is 11.3. The third kappa shape index (κ3) is 3.49. The van der Waals surface area contributed by atoms with E-state index in [0.29, 0.717) is 17.8 Å². The van der Waals surface area contributed by atoms with Crippen molar-refractivity contribution in [3.05, 3.63) is 52.2 Å². The molecular weight excluding hydrogens is 346 g/mol. The van der Waals surface area contributed by atoms with Crippen molar-refractivity contribution in [3.8, 4) is 0 Å². The maximum Gasteiger partial charge on any atom is 0.247 e. The molecule has 24 heavy (non-hydrogen) atoms. The normalized spacial score (nSPS) is 17.7. The lowest BCUT2D eigenvalue weighted by atomic mass is 10.0. The Hall–Kier alpha value is -2.19. The van der Waals surface area contributed by atoms with Gasteiger partial charge in [-0.2, -0.15) is 9.52 Å². The van der Waals surface area contributed by atoms with E-state index in [2.05, 4.69) is 10.4 Å². The molecule has 126 valence electrons. The van der Waals surface area contributed by atoms with Crippen LogP contribution in [-0.2, 0) is 14.8 Å². The summed E-state index contributed by atoms with van der Waals surface area (Å²) in [6.45, 7) is 1.44. The van der Waals surface area contributed by atoms with Crippen LogP contribution < -0.4 is 5.32 Å². The second kappa shape index (κ2) is 6.37. The van der Waals surface area contributed by atoms with Gasteiger partial charge in [0.1, 0.15) is 6.04 Å². The predicted molar refractivity (Wildman–Crippen MR) is 95.6 cm³/mol. The number of carbonyl (C=O) groups is 1. The first kappa shape index (κ1) is 16.7. The number of anilines is 1. The molecule has 1 amide bonds. The van der Waals surface area contributed by atoms with Gasteiger partial charge in [-0.25, -0.2) is 8.42 Å². The van der Waals surface area contributed by atoms with Crippen LogP contribution in [-0.4, -0.2) is 30.7 Å². The summed E-state index contributed by atoms with van der Waals surface area (Å²) < 4.78 is 25.4. The van der Waals surface area contributed by atoms with Crippen LogP contribution in [0.5, 0.6) is 0 Å². The van der Waals surface area contributed by atoms with Gasteiger partial charge in [0.2, 0.25) is 15.9 Å². The lowest BCUT2D eigenvalue weighted by Gasteiger charge is -2.19. The average molecular weight is 363 g/mol. The Morgan fingerprint density at radius 3 is 2.75 bits per heavy atom. The fourth-order valence-electron chi connectivity index (χ4n) is 2.64. The van der Waals surface area contributed by atoms with Crippen LogP contribution in [0.15, 0.2) is 46.9 Å². The number of rotatable bonds is 4. The topological polar surface area (TPSA) is 78.8 Å². The van der Waals surface area contributed by atoms with Crippen molar-refractivity contribution < 1.29 is 13.2 Å². The molecule has 1 aliphatic heterocycles. The standard InChI is InChI=1S/C16H17N3O3S2/c1-11(20)17-13-6-3-5-12(9-13)14-10-15(16-7-4-8-23-16)19(18-14)24(2,21)22/h3-9,15H,10H2,1-2H3,(H,17,20)/t15-/m1/s1. The molecule has 0 saturated carbocycles. The van der Waals surface area contributed by atoms with E-state index in [-0.39, 0.29) is 11.9 Å². The molecule has 0 unspecified atom stereocenters. The lowest BCUT2D eigenvalue weighted by Crippen LogP contribution is -2.25. The van der Waals surface area contributed by atoms with Crippen LogP contribution in [0.25, 0.3) is 0 Å². The van der Waals surface area contributed by atoms with Crippen LogP contribution in [0.3, 0.4) is 0 Å². The molecule has 2 heterocycles. The number of nitrogens with zero attached hydrogens (tertiary/aromatic N) is 2. The Morgan fingerprint density at radius 2 is 2.12 bits per heavy atom. The van der Waals surface area contributed by atoms with Gasteiger partial charge in [0.15, 0.2) is 0 Å². The maximum absolute atomic E-state index is 12.1. The van der Waals surface area contributed by atoms with E-state index in [4.69, 9.17) is 0 Å². The smallest absolute Gasteiger partial charge is 0.247 e. The highest BCUT2D eigenvalue weighted by atomic mass is 32.2. The van der Waals surface area contributed by atoms with Crippen molar-refractivity contribution in [3.63, 3.8) is 0 Å². The van der Waals surface area contributed by atoms with E-state index < -0.39 is 10.0 Å². The Balaban J connectivity index is 1.96. The van der Waals surface area contributed by atoms with Gasteiger partial charge >= 0.3 is 0 Å². The molecule has 1 N–H and O–H groups in total. The maximum atomic E-state index is 12.1. The minimum Gasteiger partial charge on any atom is -0.326 e. The van der Waals surface area contributed by atoms with E-state index in [9.17, 15) is 13.2 Å². The number of hydrogen-bond acceptors (Lipinski definition) is 5. The van der Waals surface area contributed by atoms with E-state index in [1.54, 1.807) is 12.1 Å². The highest BCUT2D eigenvalue weighted by Gasteiger charge is 2.35. The first-order valence-corrected chi connectivity index (χ1v) is 10.1. The summed E-state index contributed by atoms with van der Waals surface area (Å²) in [5.74, 6) is -0.158. The number of sulfonamides is 1. The lowest BCUT2D eigenvalue weighted by molar-refractivity contribution is -0.114. The molecule has 3 rings (SSSR count). The van der Waals surface area contributed by atoms with Crippen molar-refractivity contribution in [1.29, 1.82) is 0 Å². The highest BCUT2D eigenvalue weighted by Crippen LogP contribution is 2.36. The number of amides is 1. The summed E-state index contributed by atoms with van der Waals surface area (Å²) in [6.07, 6.45) is 1.66.